The van der Waals surface area contributed by atoms with Crippen LogP contribution in [0.15, 0.2) is 46.9 Å². The molecule has 0 saturated carbocycles. The summed E-state index contributed by atoms with van der Waals surface area (Å²) < 4.78 is 1.10. The van der Waals surface area contributed by atoms with Gasteiger partial charge in [0.15, 0.2) is 0 Å². The molecule has 0 aliphatic carbocycles. The van der Waals surface area contributed by atoms with E-state index < -0.39 is 0 Å². The smallest absolute Gasteiger partial charge is 0.0235 e. The van der Waals surface area contributed by atoms with Crippen molar-refractivity contribution in [3.8, 4) is 11.3 Å². The van der Waals surface area contributed by atoms with Crippen LogP contribution in [0, 0.1) is 6.92 Å². The van der Waals surface area contributed by atoms with E-state index in [1.807, 2.05) is 0 Å². The van der Waals surface area contributed by atoms with Crippen LogP contribution in [0.3, 0.4) is 0 Å². The van der Waals surface area contributed by atoms with Crippen molar-refractivity contribution < 1.29 is 0 Å². The van der Waals surface area contributed by atoms with E-state index in [4.69, 9.17) is 4.98 Å². The van der Waals surface area contributed by atoms with Crippen LogP contribution in [0.5, 0.6) is 0 Å². The third-order valence-corrected chi connectivity index (χ3v) is 4.23. The monoisotopic (exact) mass is 312 g/mol. The van der Waals surface area contributed by atoms with E-state index in [0.29, 0.717) is 0 Å². The number of fused-ring (bicyclic) bond motifs is 1. The molecule has 2 aromatic carbocycles. The minimum Gasteiger partial charge on any atom is -0.657 e. The molecule has 0 bridgehead atoms. The van der Waals surface area contributed by atoms with Crippen molar-refractivity contribution in [1.82, 2.24) is 4.98 Å². The molecule has 0 amide bonds. The highest BCUT2D eigenvalue weighted by atomic mass is 79.9. The Hall–Kier alpha value is -1.54. The Bertz CT molecular complexity index is 740. The number of halogens is 1. The molecule has 2 heteroatoms. The van der Waals surface area contributed by atoms with Gasteiger partial charge in [0.25, 0.3) is 0 Å². The topological polar surface area (TPSA) is 14.1 Å². The highest BCUT2D eigenvalue weighted by Crippen LogP contribution is 2.31. The average molecular weight is 313 g/mol. The minimum atomic E-state index is 1.04. The quantitative estimate of drug-likeness (QED) is 0.642. The summed E-state index contributed by atoms with van der Waals surface area (Å²) in [6, 6.07) is 14.9. The van der Waals surface area contributed by atoms with Crippen LogP contribution in [0.1, 0.15) is 18.1 Å². The molecular weight excluding hydrogens is 298 g/mol. The second-order valence-corrected chi connectivity index (χ2v) is 5.67. The van der Waals surface area contributed by atoms with Crippen LogP contribution in [-0.4, -0.2) is 0 Å². The Labute approximate surface area is 121 Å². The van der Waals surface area contributed by atoms with Gasteiger partial charge in [-0.15, -0.1) is 11.2 Å². The zero-order valence-electron chi connectivity index (χ0n) is 11.1. The van der Waals surface area contributed by atoms with E-state index >= 15 is 0 Å². The number of aromatic nitrogens is 1. The molecule has 1 aromatic heterocycles. The first kappa shape index (κ1) is 12.5. The zero-order valence-corrected chi connectivity index (χ0v) is 12.7. The second-order valence-electron chi connectivity index (χ2n) is 4.82. The summed E-state index contributed by atoms with van der Waals surface area (Å²) >= 11 is 3.63. The molecule has 3 aromatic rings. The number of benzene rings is 2. The molecule has 3 rings (SSSR count). The Morgan fingerprint density at radius 2 is 1.95 bits per heavy atom. The number of aryl methyl sites for hydroxylation is 2. The van der Waals surface area contributed by atoms with E-state index in [-0.39, 0.29) is 0 Å². The van der Waals surface area contributed by atoms with E-state index in [1.54, 1.807) is 0 Å². The summed E-state index contributed by atoms with van der Waals surface area (Å²) in [7, 11) is 0. The van der Waals surface area contributed by atoms with Crippen molar-refractivity contribution >= 4 is 26.8 Å². The molecule has 0 N–H and O–H groups in total. The van der Waals surface area contributed by atoms with Gasteiger partial charge in [0, 0.05) is 4.47 Å². The largest absolute Gasteiger partial charge is 0.657 e. The Kier molecular flexibility index (Phi) is 3.19. The van der Waals surface area contributed by atoms with Gasteiger partial charge in [0.05, 0.1) is 0 Å². The summed E-state index contributed by atoms with van der Waals surface area (Å²) in [4.78, 5) is 4.75. The molecule has 0 fully saturated rings. The maximum atomic E-state index is 4.75. The lowest BCUT2D eigenvalue weighted by atomic mass is 10.1. The number of nitrogens with zero attached hydrogens (tertiary/aromatic N) is 1. The summed E-state index contributed by atoms with van der Waals surface area (Å²) in [6.45, 7) is 4.30. The van der Waals surface area contributed by atoms with E-state index in [2.05, 4.69) is 72.2 Å². The summed E-state index contributed by atoms with van der Waals surface area (Å²) in [5.74, 6) is 0. The molecule has 0 atom stereocenters. The second kappa shape index (κ2) is 4.86. The fraction of sp³-hybridized carbons (Fsp3) is 0.176. The SMILES string of the molecule is CCc1ccc(Br)c(-c2cc3c(C)cccc3[n-]2)c1. The first-order valence-corrected chi connectivity index (χ1v) is 7.30. The standard InChI is InChI=1S/C17H15BrN/c1-3-12-7-8-15(18)14(9-12)17-10-13-11(2)5-4-6-16(13)19-17/h4-10H,3H2,1-2H3/q-1. The van der Waals surface area contributed by atoms with Gasteiger partial charge in [0.1, 0.15) is 0 Å². The van der Waals surface area contributed by atoms with Gasteiger partial charge >= 0.3 is 0 Å². The summed E-state index contributed by atoms with van der Waals surface area (Å²) in [5, 5.41) is 1.24. The normalized spacial score (nSPS) is 11.1. The van der Waals surface area contributed by atoms with Gasteiger partial charge < -0.3 is 4.98 Å². The highest BCUT2D eigenvalue weighted by molar-refractivity contribution is 9.10. The lowest BCUT2D eigenvalue weighted by Crippen LogP contribution is -1.86. The molecule has 1 nitrogen and oxygen atoms in total. The molecule has 96 valence electrons. The Morgan fingerprint density at radius 3 is 2.68 bits per heavy atom. The Balaban J connectivity index is 2.21. The average Bonchev–Trinajstić information content (AvgIpc) is 2.84. The molecule has 0 aliphatic heterocycles. The van der Waals surface area contributed by atoms with Crippen molar-refractivity contribution in [2.75, 3.05) is 0 Å². The predicted molar refractivity (Wildman–Crippen MR) is 84.5 cm³/mol. The van der Waals surface area contributed by atoms with Gasteiger partial charge in [-0.25, -0.2) is 0 Å². The van der Waals surface area contributed by atoms with Crippen molar-refractivity contribution in [3.05, 3.63) is 58.1 Å². The maximum absolute atomic E-state index is 4.75. The van der Waals surface area contributed by atoms with Gasteiger partial charge in [-0.05, 0) is 41.5 Å². The van der Waals surface area contributed by atoms with Gasteiger partial charge in [-0.2, -0.15) is 0 Å². The van der Waals surface area contributed by atoms with E-state index in [1.165, 1.54) is 22.1 Å². The summed E-state index contributed by atoms with van der Waals surface area (Å²) in [6.07, 6.45) is 1.04. The minimum absolute atomic E-state index is 1.04. The molecule has 0 aliphatic rings. The molecule has 1 heterocycles. The lowest BCUT2D eigenvalue weighted by molar-refractivity contribution is 1.14. The van der Waals surface area contributed by atoms with Crippen LogP contribution >= 0.6 is 15.9 Å². The zero-order chi connectivity index (χ0) is 13.4. The third-order valence-electron chi connectivity index (χ3n) is 3.54. The van der Waals surface area contributed by atoms with Gasteiger partial charge in [-0.1, -0.05) is 59.3 Å². The summed E-state index contributed by atoms with van der Waals surface area (Å²) in [5.41, 5.74) is 5.91. The first-order chi connectivity index (χ1) is 9.19. The van der Waals surface area contributed by atoms with Crippen LogP contribution in [0.25, 0.3) is 22.2 Å². The lowest BCUT2D eigenvalue weighted by Gasteiger charge is -2.11. The fourth-order valence-electron chi connectivity index (χ4n) is 2.38. The number of hydrogen-bond acceptors (Lipinski definition) is 0. The van der Waals surface area contributed by atoms with Crippen molar-refractivity contribution in [2.24, 2.45) is 0 Å². The van der Waals surface area contributed by atoms with E-state index in [0.717, 1.165) is 22.1 Å². The van der Waals surface area contributed by atoms with Crippen LogP contribution in [0.4, 0.5) is 0 Å². The van der Waals surface area contributed by atoms with Gasteiger partial charge in [0.2, 0.25) is 0 Å². The molecule has 0 radical (unpaired) electrons. The fourth-order valence-corrected chi connectivity index (χ4v) is 2.83. The van der Waals surface area contributed by atoms with E-state index in [9.17, 15) is 0 Å². The number of hydrogen-bond donors (Lipinski definition) is 0. The van der Waals surface area contributed by atoms with Gasteiger partial charge in [-0.3, -0.25) is 0 Å². The molecule has 19 heavy (non-hydrogen) atoms. The third kappa shape index (κ3) is 2.21. The molecule has 0 spiro atoms. The predicted octanol–water partition coefficient (Wildman–Crippen LogP) is 5.10. The number of rotatable bonds is 2. The van der Waals surface area contributed by atoms with Crippen molar-refractivity contribution in [1.29, 1.82) is 0 Å². The van der Waals surface area contributed by atoms with Crippen LogP contribution in [0.2, 0.25) is 0 Å². The first-order valence-electron chi connectivity index (χ1n) is 6.51. The van der Waals surface area contributed by atoms with Crippen LogP contribution < -0.4 is 4.98 Å². The molecule has 0 unspecified atom stereocenters. The Morgan fingerprint density at radius 1 is 1.11 bits per heavy atom. The maximum Gasteiger partial charge on any atom is 0.0235 e. The van der Waals surface area contributed by atoms with Crippen LogP contribution in [-0.2, 0) is 6.42 Å². The van der Waals surface area contributed by atoms with Crippen molar-refractivity contribution in [3.63, 3.8) is 0 Å². The molecule has 0 saturated heterocycles. The molecular formula is C17H15BrN-. The highest BCUT2D eigenvalue weighted by Gasteiger charge is 2.02. The van der Waals surface area contributed by atoms with Crippen molar-refractivity contribution in [2.45, 2.75) is 20.3 Å².